The Labute approximate surface area is 171 Å². The van der Waals surface area contributed by atoms with Crippen molar-refractivity contribution in [3.63, 3.8) is 0 Å². The Morgan fingerprint density at radius 3 is 2.34 bits per heavy atom. The quantitative estimate of drug-likeness (QED) is 0.541. The highest BCUT2D eigenvalue weighted by molar-refractivity contribution is 6.04. The molecule has 1 heterocycles. The molecule has 2 aromatic rings. The van der Waals surface area contributed by atoms with Gasteiger partial charge in [-0.2, -0.15) is 0 Å². The SMILES string of the molecule is CC(=O)c1cc2c(cc1NC(=O)CCCOc1ccc(C(C)(C)C)cc1)OCO2. The molecule has 1 amide bonds. The van der Waals surface area contributed by atoms with E-state index in [1.54, 1.807) is 12.1 Å². The van der Waals surface area contributed by atoms with Crippen LogP contribution in [-0.2, 0) is 10.2 Å². The maximum absolute atomic E-state index is 12.3. The first kappa shape index (κ1) is 20.7. The lowest BCUT2D eigenvalue weighted by atomic mass is 9.87. The molecule has 0 fully saturated rings. The molecular formula is C23H27NO5. The van der Waals surface area contributed by atoms with Gasteiger partial charge in [0.1, 0.15) is 5.75 Å². The number of carbonyl (C=O) groups excluding carboxylic acids is 2. The van der Waals surface area contributed by atoms with Crippen molar-refractivity contribution in [2.45, 2.75) is 46.0 Å². The predicted octanol–water partition coefficient (Wildman–Crippen LogP) is 4.71. The van der Waals surface area contributed by atoms with Crippen LogP contribution in [0.5, 0.6) is 17.2 Å². The number of hydrogen-bond acceptors (Lipinski definition) is 5. The normalized spacial score (nSPS) is 12.6. The molecule has 6 heteroatoms. The fourth-order valence-corrected chi connectivity index (χ4v) is 3.02. The predicted molar refractivity (Wildman–Crippen MR) is 111 cm³/mol. The highest BCUT2D eigenvalue weighted by atomic mass is 16.7. The summed E-state index contributed by atoms with van der Waals surface area (Å²) in [5.41, 5.74) is 2.18. The Hall–Kier alpha value is -3.02. The van der Waals surface area contributed by atoms with Crippen LogP contribution < -0.4 is 19.5 Å². The van der Waals surface area contributed by atoms with Crippen LogP contribution in [0, 0.1) is 0 Å². The van der Waals surface area contributed by atoms with Crippen molar-refractivity contribution in [2.24, 2.45) is 0 Å². The molecule has 0 saturated carbocycles. The minimum absolute atomic E-state index is 0.101. The van der Waals surface area contributed by atoms with E-state index in [0.717, 1.165) is 5.75 Å². The van der Waals surface area contributed by atoms with Gasteiger partial charge in [-0.1, -0.05) is 32.9 Å². The van der Waals surface area contributed by atoms with E-state index >= 15 is 0 Å². The lowest BCUT2D eigenvalue weighted by molar-refractivity contribution is -0.116. The van der Waals surface area contributed by atoms with E-state index < -0.39 is 0 Å². The molecule has 1 aliphatic heterocycles. The summed E-state index contributed by atoms with van der Waals surface area (Å²) >= 11 is 0. The molecule has 0 aromatic heterocycles. The Kier molecular flexibility index (Phi) is 6.11. The molecule has 0 unspecified atom stereocenters. The molecule has 29 heavy (non-hydrogen) atoms. The van der Waals surface area contributed by atoms with Crippen molar-refractivity contribution in [1.82, 2.24) is 0 Å². The van der Waals surface area contributed by atoms with E-state index in [2.05, 4.69) is 38.2 Å². The van der Waals surface area contributed by atoms with Gasteiger partial charge in [0.25, 0.3) is 0 Å². The van der Waals surface area contributed by atoms with Crippen LogP contribution in [0.1, 0.15) is 56.5 Å². The van der Waals surface area contributed by atoms with Gasteiger partial charge in [0.15, 0.2) is 17.3 Å². The fourth-order valence-electron chi connectivity index (χ4n) is 3.02. The molecule has 6 nitrogen and oxygen atoms in total. The lowest BCUT2D eigenvalue weighted by Crippen LogP contribution is -2.15. The van der Waals surface area contributed by atoms with Gasteiger partial charge in [0, 0.05) is 18.1 Å². The van der Waals surface area contributed by atoms with Crippen molar-refractivity contribution < 1.29 is 23.8 Å². The average Bonchev–Trinajstić information content (AvgIpc) is 3.11. The van der Waals surface area contributed by atoms with Gasteiger partial charge in [-0.15, -0.1) is 0 Å². The van der Waals surface area contributed by atoms with Crippen LogP contribution in [0.2, 0.25) is 0 Å². The van der Waals surface area contributed by atoms with Crippen LogP contribution in [0.3, 0.4) is 0 Å². The molecule has 0 atom stereocenters. The van der Waals surface area contributed by atoms with Crippen LogP contribution in [0.25, 0.3) is 0 Å². The largest absolute Gasteiger partial charge is 0.494 e. The van der Waals surface area contributed by atoms with Gasteiger partial charge >= 0.3 is 0 Å². The van der Waals surface area contributed by atoms with E-state index in [-0.39, 0.29) is 30.3 Å². The number of Topliss-reactive ketones (excluding diaryl/α,β-unsaturated/α-hetero) is 1. The molecule has 1 aliphatic rings. The molecular weight excluding hydrogens is 370 g/mol. The Balaban J connectivity index is 1.50. The van der Waals surface area contributed by atoms with Gasteiger partial charge < -0.3 is 19.5 Å². The summed E-state index contributed by atoms with van der Waals surface area (Å²) in [4.78, 5) is 24.2. The molecule has 0 spiro atoms. The van der Waals surface area contributed by atoms with Crippen molar-refractivity contribution in [3.8, 4) is 17.2 Å². The van der Waals surface area contributed by atoms with Crippen molar-refractivity contribution in [2.75, 3.05) is 18.7 Å². The average molecular weight is 397 g/mol. The molecule has 1 N–H and O–H groups in total. The highest BCUT2D eigenvalue weighted by Gasteiger charge is 2.20. The first-order chi connectivity index (χ1) is 13.7. The minimum atomic E-state index is -0.182. The van der Waals surface area contributed by atoms with Crippen molar-refractivity contribution in [1.29, 1.82) is 0 Å². The second kappa shape index (κ2) is 8.55. The molecule has 2 aromatic carbocycles. The zero-order valence-electron chi connectivity index (χ0n) is 17.3. The van der Waals surface area contributed by atoms with Crippen LogP contribution >= 0.6 is 0 Å². The Morgan fingerprint density at radius 1 is 1.07 bits per heavy atom. The Bertz CT molecular complexity index is 897. The summed E-state index contributed by atoms with van der Waals surface area (Å²) < 4.78 is 16.3. The third-order valence-electron chi connectivity index (χ3n) is 4.70. The van der Waals surface area contributed by atoms with Crippen LogP contribution in [0.4, 0.5) is 5.69 Å². The minimum Gasteiger partial charge on any atom is -0.494 e. The van der Waals surface area contributed by atoms with E-state index in [1.807, 2.05) is 12.1 Å². The van der Waals surface area contributed by atoms with Crippen molar-refractivity contribution in [3.05, 3.63) is 47.5 Å². The number of benzene rings is 2. The van der Waals surface area contributed by atoms with E-state index in [0.29, 0.717) is 35.8 Å². The molecule has 154 valence electrons. The molecule has 0 bridgehead atoms. The van der Waals surface area contributed by atoms with E-state index in [4.69, 9.17) is 14.2 Å². The zero-order chi connectivity index (χ0) is 21.0. The summed E-state index contributed by atoms with van der Waals surface area (Å²) in [6, 6.07) is 11.3. The third kappa shape index (κ3) is 5.28. The van der Waals surface area contributed by atoms with Gasteiger partial charge in [-0.3, -0.25) is 9.59 Å². The number of ether oxygens (including phenoxy) is 3. The summed E-state index contributed by atoms with van der Waals surface area (Å²) in [5.74, 6) is 1.48. The van der Waals surface area contributed by atoms with Gasteiger partial charge in [0.2, 0.25) is 12.7 Å². The van der Waals surface area contributed by atoms with E-state index in [9.17, 15) is 9.59 Å². The molecule has 0 aliphatic carbocycles. The topological polar surface area (TPSA) is 73.9 Å². The first-order valence-corrected chi connectivity index (χ1v) is 9.72. The molecule has 0 saturated heterocycles. The number of hydrogen-bond donors (Lipinski definition) is 1. The maximum atomic E-state index is 12.3. The maximum Gasteiger partial charge on any atom is 0.231 e. The second-order valence-corrected chi connectivity index (χ2v) is 8.08. The van der Waals surface area contributed by atoms with Crippen molar-refractivity contribution >= 4 is 17.4 Å². The Morgan fingerprint density at radius 2 is 1.72 bits per heavy atom. The lowest BCUT2D eigenvalue weighted by Gasteiger charge is -2.19. The number of amides is 1. The van der Waals surface area contributed by atoms with E-state index in [1.165, 1.54) is 12.5 Å². The number of rotatable bonds is 7. The first-order valence-electron chi connectivity index (χ1n) is 9.72. The smallest absolute Gasteiger partial charge is 0.231 e. The summed E-state index contributed by atoms with van der Waals surface area (Å²) in [6.07, 6.45) is 0.846. The fraction of sp³-hybridized carbons (Fsp3) is 0.391. The third-order valence-corrected chi connectivity index (χ3v) is 4.70. The standard InChI is InChI=1S/C23H27NO5/c1-15(25)18-12-20-21(29-14-28-20)13-19(18)24-22(26)6-5-11-27-17-9-7-16(8-10-17)23(2,3)4/h7-10,12-13H,5-6,11,14H2,1-4H3,(H,24,26). The number of anilines is 1. The highest BCUT2D eigenvalue weighted by Crippen LogP contribution is 2.37. The second-order valence-electron chi connectivity index (χ2n) is 8.08. The van der Waals surface area contributed by atoms with Gasteiger partial charge in [-0.05, 0) is 42.5 Å². The number of nitrogens with one attached hydrogen (secondary N) is 1. The summed E-state index contributed by atoms with van der Waals surface area (Å²) in [6.45, 7) is 8.49. The zero-order valence-corrected chi connectivity index (χ0v) is 17.3. The van der Waals surface area contributed by atoms with Crippen LogP contribution in [-0.4, -0.2) is 25.1 Å². The number of carbonyl (C=O) groups is 2. The van der Waals surface area contributed by atoms with Crippen LogP contribution in [0.15, 0.2) is 36.4 Å². The van der Waals surface area contributed by atoms with Gasteiger partial charge in [0.05, 0.1) is 12.3 Å². The molecule has 3 rings (SSSR count). The monoisotopic (exact) mass is 397 g/mol. The molecule has 0 radical (unpaired) electrons. The van der Waals surface area contributed by atoms with Gasteiger partial charge in [-0.25, -0.2) is 0 Å². The number of fused-ring (bicyclic) bond motifs is 1. The summed E-state index contributed by atoms with van der Waals surface area (Å²) in [5, 5.41) is 2.79. The number of ketones is 1. The summed E-state index contributed by atoms with van der Waals surface area (Å²) in [7, 11) is 0.